The lowest BCUT2D eigenvalue weighted by molar-refractivity contribution is 1.13. The van der Waals surface area contributed by atoms with Crippen LogP contribution >= 0.6 is 21.6 Å². The molecule has 0 heterocycles. The molecule has 0 fully saturated rings. The first-order chi connectivity index (χ1) is 16.7. The van der Waals surface area contributed by atoms with E-state index in [1.54, 1.807) is 21.6 Å². The minimum Gasteiger partial charge on any atom is -0.380 e. The van der Waals surface area contributed by atoms with Crippen molar-refractivity contribution >= 4 is 45.1 Å². The highest BCUT2D eigenvalue weighted by Crippen LogP contribution is 2.43. The molecule has 0 aliphatic heterocycles. The summed E-state index contributed by atoms with van der Waals surface area (Å²) >= 11 is 0. The van der Waals surface area contributed by atoms with Crippen LogP contribution in [0.2, 0.25) is 0 Å². The van der Waals surface area contributed by atoms with E-state index in [1.807, 2.05) is 12.2 Å². The van der Waals surface area contributed by atoms with E-state index in [1.165, 1.54) is 20.9 Å². The molecule has 0 saturated carbocycles. The Balaban J connectivity index is 1.38. The molecule has 4 heteroatoms. The highest BCUT2D eigenvalue weighted by atomic mass is 33.1. The van der Waals surface area contributed by atoms with Crippen molar-refractivity contribution in [1.29, 1.82) is 0 Å². The number of hydrogen-bond acceptors (Lipinski definition) is 4. The van der Waals surface area contributed by atoms with Crippen LogP contribution in [-0.4, -0.2) is 0 Å². The van der Waals surface area contributed by atoms with E-state index in [9.17, 15) is 0 Å². The van der Waals surface area contributed by atoms with Crippen molar-refractivity contribution in [2.75, 3.05) is 10.6 Å². The normalized spacial score (nSPS) is 10.5. The quantitative estimate of drug-likeness (QED) is 0.209. The lowest BCUT2D eigenvalue weighted by Crippen LogP contribution is -2.00. The third-order valence-corrected chi connectivity index (χ3v) is 7.87. The summed E-state index contributed by atoms with van der Waals surface area (Å²) in [6, 6.07) is 33.9. The first kappa shape index (κ1) is 23.8. The molecule has 0 unspecified atom stereocenters. The van der Waals surface area contributed by atoms with Crippen LogP contribution in [0.15, 0.2) is 120 Å². The Labute approximate surface area is 210 Å². The van der Waals surface area contributed by atoms with Crippen LogP contribution < -0.4 is 10.6 Å². The summed E-state index contributed by atoms with van der Waals surface area (Å²) in [4.78, 5) is 2.43. The molecule has 170 valence electrons. The zero-order valence-electron chi connectivity index (χ0n) is 19.0. The van der Waals surface area contributed by atoms with Crippen LogP contribution in [0.4, 0.5) is 11.4 Å². The average Bonchev–Trinajstić information content (AvgIpc) is 2.91. The van der Waals surface area contributed by atoms with Gasteiger partial charge < -0.3 is 10.6 Å². The fourth-order valence-corrected chi connectivity index (χ4v) is 5.72. The molecule has 0 aliphatic rings. The van der Waals surface area contributed by atoms with Gasteiger partial charge in [-0.2, -0.15) is 0 Å². The van der Waals surface area contributed by atoms with Crippen LogP contribution in [0.5, 0.6) is 0 Å². The predicted octanol–water partition coefficient (Wildman–Crippen LogP) is 9.00. The Morgan fingerprint density at radius 3 is 1.29 bits per heavy atom. The molecule has 0 atom stereocenters. The molecule has 0 radical (unpaired) electrons. The summed E-state index contributed by atoms with van der Waals surface area (Å²) in [7, 11) is 3.54. The first-order valence-electron chi connectivity index (χ1n) is 11.2. The number of para-hydroxylation sites is 2. The molecular formula is C30H28N2S2. The Bertz CT molecular complexity index is 1130. The monoisotopic (exact) mass is 480 g/mol. The third kappa shape index (κ3) is 6.60. The second-order valence-electron chi connectivity index (χ2n) is 7.76. The molecule has 4 rings (SSSR count). The lowest BCUT2D eigenvalue weighted by Gasteiger charge is -2.14. The smallest absolute Gasteiger partial charge is 0.0489 e. The van der Waals surface area contributed by atoms with Gasteiger partial charge in [0.1, 0.15) is 0 Å². The van der Waals surface area contributed by atoms with E-state index < -0.39 is 0 Å². The Hall–Kier alpha value is -3.34. The topological polar surface area (TPSA) is 24.1 Å². The molecule has 0 aliphatic carbocycles. The van der Waals surface area contributed by atoms with Crippen molar-refractivity contribution in [2.24, 2.45) is 0 Å². The molecular weight excluding hydrogens is 452 g/mol. The lowest BCUT2D eigenvalue weighted by atomic mass is 10.1. The Morgan fingerprint density at radius 2 is 0.912 bits per heavy atom. The van der Waals surface area contributed by atoms with E-state index in [-0.39, 0.29) is 0 Å². The maximum absolute atomic E-state index is 3.82. The molecule has 4 aromatic carbocycles. The first-order valence-corrected chi connectivity index (χ1v) is 13.3. The summed E-state index contributed by atoms with van der Waals surface area (Å²) in [5.41, 5.74) is 7.04. The van der Waals surface area contributed by atoms with Gasteiger partial charge in [-0.1, -0.05) is 120 Å². The predicted molar refractivity (Wildman–Crippen MR) is 152 cm³/mol. The van der Waals surface area contributed by atoms with Gasteiger partial charge in [0.15, 0.2) is 0 Å². The van der Waals surface area contributed by atoms with E-state index >= 15 is 0 Å². The molecule has 2 nitrogen and oxygen atoms in total. The van der Waals surface area contributed by atoms with Gasteiger partial charge in [-0.05, 0) is 46.5 Å². The summed E-state index contributed by atoms with van der Waals surface area (Å²) in [5.74, 6) is 0. The number of benzene rings is 4. The van der Waals surface area contributed by atoms with Crippen molar-refractivity contribution in [3.8, 4) is 0 Å². The van der Waals surface area contributed by atoms with Crippen molar-refractivity contribution < 1.29 is 0 Å². The maximum Gasteiger partial charge on any atom is 0.0489 e. The zero-order valence-corrected chi connectivity index (χ0v) is 20.7. The van der Waals surface area contributed by atoms with Crippen molar-refractivity contribution in [1.82, 2.24) is 0 Å². The van der Waals surface area contributed by atoms with Crippen LogP contribution in [0.3, 0.4) is 0 Å². The molecule has 0 bridgehead atoms. The van der Waals surface area contributed by atoms with Gasteiger partial charge in [0.2, 0.25) is 0 Å². The minimum absolute atomic E-state index is 0.780. The molecule has 0 saturated heterocycles. The SMILES string of the molecule is C=Cc1ccc(CNc2ccccc2SSc2ccccc2NCc2ccc(C=C)cc2)cc1. The average molecular weight is 481 g/mol. The summed E-state index contributed by atoms with van der Waals surface area (Å²) in [5, 5.41) is 7.18. The molecule has 0 spiro atoms. The maximum atomic E-state index is 3.82. The highest BCUT2D eigenvalue weighted by Gasteiger charge is 2.07. The van der Waals surface area contributed by atoms with E-state index in [0.29, 0.717) is 0 Å². The highest BCUT2D eigenvalue weighted by molar-refractivity contribution is 8.76. The van der Waals surface area contributed by atoms with Crippen molar-refractivity contribution in [3.63, 3.8) is 0 Å². The zero-order chi connectivity index (χ0) is 23.6. The Morgan fingerprint density at radius 1 is 0.529 bits per heavy atom. The molecule has 34 heavy (non-hydrogen) atoms. The van der Waals surface area contributed by atoms with Crippen LogP contribution in [0.1, 0.15) is 22.3 Å². The third-order valence-electron chi connectivity index (χ3n) is 5.39. The van der Waals surface area contributed by atoms with Crippen molar-refractivity contribution in [2.45, 2.75) is 22.9 Å². The van der Waals surface area contributed by atoms with Gasteiger partial charge >= 0.3 is 0 Å². The van der Waals surface area contributed by atoms with E-state index in [2.05, 4.69) is 121 Å². The fourth-order valence-electron chi connectivity index (χ4n) is 3.40. The summed E-state index contributed by atoms with van der Waals surface area (Å²) in [6.07, 6.45) is 3.73. The van der Waals surface area contributed by atoms with Gasteiger partial charge in [-0.3, -0.25) is 0 Å². The Kier molecular flexibility index (Phi) is 8.55. The minimum atomic E-state index is 0.780. The van der Waals surface area contributed by atoms with E-state index in [4.69, 9.17) is 0 Å². The van der Waals surface area contributed by atoms with Crippen molar-refractivity contribution in [3.05, 3.63) is 132 Å². The molecule has 2 N–H and O–H groups in total. The number of nitrogens with one attached hydrogen (secondary N) is 2. The van der Waals surface area contributed by atoms with Crippen LogP contribution in [-0.2, 0) is 13.1 Å². The molecule has 0 aromatic heterocycles. The summed E-state index contributed by atoms with van der Waals surface area (Å²) < 4.78 is 0. The molecule has 4 aromatic rings. The van der Waals surface area contributed by atoms with Gasteiger partial charge in [-0.25, -0.2) is 0 Å². The van der Waals surface area contributed by atoms with Crippen LogP contribution in [0, 0.1) is 0 Å². The fraction of sp³-hybridized carbons (Fsp3) is 0.0667. The van der Waals surface area contributed by atoms with Gasteiger partial charge in [0.05, 0.1) is 0 Å². The number of hydrogen-bond donors (Lipinski definition) is 2. The molecule has 0 amide bonds. The summed E-state index contributed by atoms with van der Waals surface area (Å²) in [6.45, 7) is 9.20. The number of anilines is 2. The van der Waals surface area contributed by atoms with Crippen LogP contribution in [0.25, 0.3) is 12.2 Å². The van der Waals surface area contributed by atoms with Gasteiger partial charge in [0.25, 0.3) is 0 Å². The second kappa shape index (κ2) is 12.2. The number of rotatable bonds is 11. The van der Waals surface area contributed by atoms with E-state index in [0.717, 1.165) is 35.6 Å². The largest absolute Gasteiger partial charge is 0.380 e. The van der Waals surface area contributed by atoms with Gasteiger partial charge in [-0.15, -0.1) is 0 Å². The standard InChI is InChI=1S/C30H28N2S2/c1-3-23-13-17-25(18-14-23)21-31-27-9-5-7-11-29(27)33-34-30-12-8-6-10-28(30)32-22-26-19-15-24(4-2)16-20-26/h3-20,31-32H,1-2,21-22H2. The van der Waals surface area contributed by atoms with Gasteiger partial charge in [0, 0.05) is 34.3 Å². The second-order valence-corrected chi connectivity index (χ2v) is 9.97.